The number of nitrogens with zero attached hydrogens (tertiary/aromatic N) is 2. The fourth-order valence-electron chi connectivity index (χ4n) is 3.81. The van der Waals surface area contributed by atoms with Crippen molar-refractivity contribution in [2.45, 2.75) is 31.4 Å². The Labute approximate surface area is 214 Å². The Morgan fingerprint density at radius 1 is 1.06 bits per heavy atom. The highest BCUT2D eigenvalue weighted by molar-refractivity contribution is 8.05. The van der Waals surface area contributed by atoms with Gasteiger partial charge >= 0.3 is 0 Å². The molecule has 1 aliphatic rings. The highest BCUT2D eigenvalue weighted by atomic mass is 35.5. The summed E-state index contributed by atoms with van der Waals surface area (Å²) < 4.78 is 0. The van der Waals surface area contributed by atoms with Crippen molar-refractivity contribution in [1.82, 2.24) is 0 Å². The van der Waals surface area contributed by atoms with Crippen molar-refractivity contribution in [3.63, 3.8) is 0 Å². The number of benzene rings is 3. The standard InChI is InChI=1S/C28H24ClN3O2S/c1-18(2)19-12-14-22(15-13-19)32-27(34)25(16-20-8-6-7-11-24(20)29)35-28(32)23(17-30)26(33)31-21-9-4-3-5-10-21/h3-15,18,25H,16H2,1-2H3,(H,31,33)/b28-23-. The zero-order valence-electron chi connectivity index (χ0n) is 19.4. The molecule has 1 saturated heterocycles. The molecule has 7 heteroatoms. The zero-order chi connectivity index (χ0) is 24.9. The van der Waals surface area contributed by atoms with Gasteiger partial charge in [0.1, 0.15) is 16.7 Å². The quantitative estimate of drug-likeness (QED) is 0.308. The largest absolute Gasteiger partial charge is 0.321 e. The Morgan fingerprint density at radius 2 is 1.71 bits per heavy atom. The van der Waals surface area contributed by atoms with E-state index in [9.17, 15) is 14.9 Å². The van der Waals surface area contributed by atoms with Crippen LogP contribution < -0.4 is 10.2 Å². The van der Waals surface area contributed by atoms with Crippen LogP contribution in [0.25, 0.3) is 0 Å². The van der Waals surface area contributed by atoms with Gasteiger partial charge in [0.05, 0.1) is 5.25 Å². The summed E-state index contributed by atoms with van der Waals surface area (Å²) in [5, 5.41) is 13.1. The first kappa shape index (κ1) is 24.6. The van der Waals surface area contributed by atoms with Gasteiger partial charge in [0.15, 0.2) is 0 Å². The maximum absolute atomic E-state index is 13.6. The molecule has 1 fully saturated rings. The summed E-state index contributed by atoms with van der Waals surface area (Å²) in [4.78, 5) is 28.2. The number of hydrogen-bond acceptors (Lipinski definition) is 4. The third kappa shape index (κ3) is 5.43. The lowest BCUT2D eigenvalue weighted by Gasteiger charge is -2.19. The molecule has 1 aliphatic heterocycles. The number of hydrogen-bond donors (Lipinski definition) is 1. The molecule has 1 atom stereocenters. The molecule has 5 nitrogen and oxygen atoms in total. The maximum atomic E-state index is 13.6. The van der Waals surface area contributed by atoms with E-state index in [1.54, 1.807) is 30.3 Å². The monoisotopic (exact) mass is 501 g/mol. The lowest BCUT2D eigenvalue weighted by molar-refractivity contribution is -0.117. The summed E-state index contributed by atoms with van der Waals surface area (Å²) in [6.45, 7) is 4.19. The molecule has 4 rings (SSSR count). The van der Waals surface area contributed by atoms with Gasteiger partial charge in [-0.05, 0) is 53.8 Å². The molecule has 1 N–H and O–H groups in total. The van der Waals surface area contributed by atoms with Gasteiger partial charge in [0.25, 0.3) is 5.91 Å². The van der Waals surface area contributed by atoms with Crippen LogP contribution in [0.4, 0.5) is 11.4 Å². The predicted molar refractivity (Wildman–Crippen MR) is 142 cm³/mol. The fourth-order valence-corrected chi connectivity index (χ4v) is 5.32. The Morgan fingerprint density at radius 3 is 2.34 bits per heavy atom. The van der Waals surface area contributed by atoms with Gasteiger partial charge in [-0.15, -0.1) is 0 Å². The molecule has 0 aromatic heterocycles. The number of amides is 2. The van der Waals surface area contributed by atoms with Crippen molar-refractivity contribution in [1.29, 1.82) is 5.26 Å². The van der Waals surface area contributed by atoms with E-state index in [-0.39, 0.29) is 11.5 Å². The van der Waals surface area contributed by atoms with Crippen LogP contribution in [0.2, 0.25) is 5.02 Å². The lowest BCUT2D eigenvalue weighted by atomic mass is 10.0. The summed E-state index contributed by atoms with van der Waals surface area (Å²) in [7, 11) is 0. The van der Waals surface area contributed by atoms with E-state index < -0.39 is 11.2 Å². The van der Waals surface area contributed by atoms with Crippen LogP contribution in [-0.4, -0.2) is 17.1 Å². The lowest BCUT2D eigenvalue weighted by Crippen LogP contribution is -2.31. The number of carbonyl (C=O) groups is 2. The molecule has 0 spiro atoms. The van der Waals surface area contributed by atoms with E-state index in [0.717, 1.165) is 11.1 Å². The highest BCUT2D eigenvalue weighted by Gasteiger charge is 2.41. The van der Waals surface area contributed by atoms with Crippen molar-refractivity contribution < 1.29 is 9.59 Å². The van der Waals surface area contributed by atoms with E-state index in [2.05, 4.69) is 19.2 Å². The average Bonchev–Trinajstić information content (AvgIpc) is 3.17. The second-order valence-electron chi connectivity index (χ2n) is 8.43. The number of para-hydroxylation sites is 1. The van der Waals surface area contributed by atoms with Gasteiger partial charge in [-0.3, -0.25) is 14.5 Å². The fraction of sp³-hybridized carbons (Fsp3) is 0.179. The molecule has 0 radical (unpaired) electrons. The molecule has 176 valence electrons. The van der Waals surface area contributed by atoms with Crippen molar-refractivity contribution in [2.24, 2.45) is 0 Å². The average molecular weight is 502 g/mol. The molecule has 1 unspecified atom stereocenters. The summed E-state index contributed by atoms with van der Waals surface area (Å²) in [5.41, 5.74) is 3.04. The highest BCUT2D eigenvalue weighted by Crippen LogP contribution is 2.42. The molecular weight excluding hydrogens is 478 g/mol. The van der Waals surface area contributed by atoms with E-state index in [1.165, 1.54) is 16.7 Å². The first-order chi connectivity index (χ1) is 16.9. The van der Waals surface area contributed by atoms with Gasteiger partial charge in [-0.25, -0.2) is 0 Å². The van der Waals surface area contributed by atoms with Crippen molar-refractivity contribution in [3.8, 4) is 6.07 Å². The third-order valence-corrected chi connectivity index (χ3v) is 7.35. The number of halogens is 1. The third-order valence-electron chi connectivity index (χ3n) is 5.72. The minimum absolute atomic E-state index is 0.109. The Bertz CT molecular complexity index is 1310. The Kier molecular flexibility index (Phi) is 7.60. The van der Waals surface area contributed by atoms with Crippen LogP contribution in [0, 0.1) is 11.3 Å². The van der Waals surface area contributed by atoms with Crippen LogP contribution in [0.15, 0.2) is 89.5 Å². The summed E-state index contributed by atoms with van der Waals surface area (Å²) in [6.07, 6.45) is 0.381. The molecule has 2 amide bonds. The molecule has 3 aromatic carbocycles. The van der Waals surface area contributed by atoms with Crippen molar-refractivity contribution >= 4 is 46.6 Å². The van der Waals surface area contributed by atoms with E-state index in [1.807, 2.05) is 54.6 Å². The zero-order valence-corrected chi connectivity index (χ0v) is 20.9. The topological polar surface area (TPSA) is 73.2 Å². The van der Waals surface area contributed by atoms with Gasteiger partial charge in [0.2, 0.25) is 5.91 Å². The first-order valence-electron chi connectivity index (χ1n) is 11.2. The second kappa shape index (κ2) is 10.8. The van der Waals surface area contributed by atoms with E-state index >= 15 is 0 Å². The normalized spacial score (nSPS) is 16.8. The Balaban J connectivity index is 1.74. The van der Waals surface area contributed by atoms with Gasteiger partial charge in [0, 0.05) is 16.4 Å². The van der Waals surface area contributed by atoms with Gasteiger partial charge < -0.3 is 5.32 Å². The van der Waals surface area contributed by atoms with Crippen molar-refractivity contribution in [2.75, 3.05) is 10.2 Å². The van der Waals surface area contributed by atoms with Gasteiger partial charge in [-0.1, -0.05) is 85.7 Å². The maximum Gasteiger partial charge on any atom is 0.269 e. The van der Waals surface area contributed by atoms with E-state index in [0.29, 0.717) is 33.8 Å². The molecule has 3 aromatic rings. The van der Waals surface area contributed by atoms with Crippen molar-refractivity contribution in [3.05, 3.63) is 106 Å². The molecular formula is C28H24ClN3O2S. The number of thioether (sulfide) groups is 1. The Hall–Kier alpha value is -3.53. The molecule has 0 aliphatic carbocycles. The van der Waals surface area contributed by atoms with Crippen LogP contribution in [0.3, 0.4) is 0 Å². The molecule has 35 heavy (non-hydrogen) atoms. The summed E-state index contributed by atoms with van der Waals surface area (Å²) >= 11 is 7.58. The second-order valence-corrected chi connectivity index (χ2v) is 10.0. The van der Waals surface area contributed by atoms with Crippen LogP contribution in [-0.2, 0) is 16.0 Å². The van der Waals surface area contributed by atoms with Crippen LogP contribution >= 0.6 is 23.4 Å². The van der Waals surface area contributed by atoms with Crippen LogP contribution in [0.1, 0.15) is 30.9 Å². The number of nitriles is 1. The summed E-state index contributed by atoms with van der Waals surface area (Å²) in [5.74, 6) is -0.416. The predicted octanol–water partition coefficient (Wildman–Crippen LogP) is 6.53. The number of anilines is 2. The van der Waals surface area contributed by atoms with Gasteiger partial charge in [-0.2, -0.15) is 5.26 Å². The van der Waals surface area contributed by atoms with E-state index in [4.69, 9.17) is 11.6 Å². The summed E-state index contributed by atoms with van der Waals surface area (Å²) in [6, 6.07) is 26.0. The van der Waals surface area contributed by atoms with Crippen LogP contribution in [0.5, 0.6) is 0 Å². The molecule has 0 bridgehead atoms. The molecule has 0 saturated carbocycles. The first-order valence-corrected chi connectivity index (χ1v) is 12.5. The molecule has 1 heterocycles. The smallest absolute Gasteiger partial charge is 0.269 e. The SMILES string of the molecule is CC(C)c1ccc(N2C(=O)C(Cc3ccccc3Cl)S/C2=C(/C#N)C(=O)Nc2ccccc2)cc1. The minimum atomic E-state index is -0.559. The number of rotatable bonds is 6. The minimum Gasteiger partial charge on any atom is -0.321 e. The number of nitrogens with one attached hydrogen (secondary N) is 1. The number of carbonyl (C=O) groups excluding carboxylic acids is 2.